The molecule has 0 fully saturated rings. The van der Waals surface area contributed by atoms with E-state index in [9.17, 15) is 9.59 Å². The lowest BCUT2D eigenvalue weighted by Gasteiger charge is -2.16. The molecule has 1 aromatic carbocycles. The molecule has 0 bridgehead atoms. The molecule has 0 aliphatic rings. The number of amides is 1. The summed E-state index contributed by atoms with van der Waals surface area (Å²) in [4.78, 5) is 32.2. The molecule has 29 heavy (non-hydrogen) atoms. The highest BCUT2D eigenvalue weighted by atomic mass is 32.2. The van der Waals surface area contributed by atoms with Crippen LogP contribution < -0.4 is 10.9 Å². The third-order valence-corrected chi connectivity index (χ3v) is 6.89. The van der Waals surface area contributed by atoms with E-state index in [-0.39, 0.29) is 23.3 Å². The van der Waals surface area contributed by atoms with Gasteiger partial charge in [-0.1, -0.05) is 55.9 Å². The molecular formula is C22H27N3O2S2. The van der Waals surface area contributed by atoms with Gasteiger partial charge in [0.1, 0.15) is 4.83 Å². The largest absolute Gasteiger partial charge is 0.349 e. The molecular weight excluding hydrogens is 402 g/mol. The van der Waals surface area contributed by atoms with Crippen LogP contribution in [0.15, 0.2) is 40.3 Å². The van der Waals surface area contributed by atoms with Gasteiger partial charge < -0.3 is 5.32 Å². The van der Waals surface area contributed by atoms with Gasteiger partial charge in [0.25, 0.3) is 5.56 Å². The van der Waals surface area contributed by atoms with Crippen LogP contribution >= 0.6 is 23.1 Å². The fourth-order valence-corrected chi connectivity index (χ4v) is 5.07. The van der Waals surface area contributed by atoms with E-state index in [1.54, 1.807) is 4.57 Å². The summed E-state index contributed by atoms with van der Waals surface area (Å²) < 4.78 is 1.73. The molecule has 0 aliphatic carbocycles. The topological polar surface area (TPSA) is 64.0 Å². The first-order valence-corrected chi connectivity index (χ1v) is 11.6. The molecule has 1 atom stereocenters. The summed E-state index contributed by atoms with van der Waals surface area (Å²) in [6, 6.07) is 9.80. The summed E-state index contributed by atoms with van der Waals surface area (Å²) in [6.07, 6.45) is 0. The summed E-state index contributed by atoms with van der Waals surface area (Å²) >= 11 is 2.86. The lowest BCUT2D eigenvalue weighted by atomic mass is 10.1. The first kappa shape index (κ1) is 21.6. The average molecular weight is 430 g/mol. The number of nitrogens with zero attached hydrogens (tertiary/aromatic N) is 2. The minimum absolute atomic E-state index is 0.00823. The standard InChI is InChI=1S/C22H27N3O2S2/c1-13(2)11-25-21(27)19-14(3)16(5)29-20(19)24-22(25)28-12-18(26)23-15(4)17-9-7-6-8-10-17/h6-10,13,15H,11-12H2,1-5H3,(H,23,26)/t15-/m0/s1. The zero-order chi connectivity index (χ0) is 21.1. The van der Waals surface area contributed by atoms with Gasteiger partial charge in [0.2, 0.25) is 5.91 Å². The highest BCUT2D eigenvalue weighted by Gasteiger charge is 2.18. The second-order valence-corrected chi connectivity index (χ2v) is 9.80. The Morgan fingerprint density at radius 2 is 1.90 bits per heavy atom. The van der Waals surface area contributed by atoms with Crippen molar-refractivity contribution in [2.45, 2.75) is 52.4 Å². The van der Waals surface area contributed by atoms with Gasteiger partial charge in [-0.25, -0.2) is 4.98 Å². The van der Waals surface area contributed by atoms with Gasteiger partial charge in [-0.15, -0.1) is 11.3 Å². The van der Waals surface area contributed by atoms with Crippen molar-refractivity contribution in [1.82, 2.24) is 14.9 Å². The first-order valence-electron chi connectivity index (χ1n) is 9.75. The first-order chi connectivity index (χ1) is 13.8. The van der Waals surface area contributed by atoms with Crippen LogP contribution in [-0.4, -0.2) is 21.2 Å². The third-order valence-electron chi connectivity index (χ3n) is 4.81. The Kier molecular flexibility index (Phi) is 6.80. The van der Waals surface area contributed by atoms with E-state index in [4.69, 9.17) is 4.98 Å². The second-order valence-electron chi connectivity index (χ2n) is 7.66. The van der Waals surface area contributed by atoms with Gasteiger partial charge >= 0.3 is 0 Å². The molecule has 0 unspecified atom stereocenters. The van der Waals surface area contributed by atoms with Crippen LogP contribution in [0.1, 0.15) is 42.8 Å². The maximum absolute atomic E-state index is 13.1. The molecule has 3 rings (SSSR count). The van der Waals surface area contributed by atoms with E-state index >= 15 is 0 Å². The highest BCUT2D eigenvalue weighted by Crippen LogP contribution is 2.28. The van der Waals surface area contributed by atoms with E-state index in [1.807, 2.05) is 51.1 Å². The zero-order valence-corrected chi connectivity index (χ0v) is 19.1. The number of nitrogens with one attached hydrogen (secondary N) is 1. The normalized spacial score (nSPS) is 12.5. The summed E-state index contributed by atoms with van der Waals surface area (Å²) in [5, 5.41) is 4.34. The Labute approximate surface area is 179 Å². The number of carbonyl (C=O) groups is 1. The number of carbonyl (C=O) groups excluding carboxylic acids is 1. The molecule has 7 heteroatoms. The number of aryl methyl sites for hydroxylation is 2. The fraction of sp³-hybridized carbons (Fsp3) is 0.409. The summed E-state index contributed by atoms with van der Waals surface area (Å²) in [6.45, 7) is 10.7. The SMILES string of the molecule is Cc1sc2nc(SCC(=O)N[C@@H](C)c3ccccc3)n(CC(C)C)c(=O)c2c1C. The average Bonchev–Trinajstić information content (AvgIpc) is 2.97. The van der Waals surface area contributed by atoms with Gasteiger partial charge in [0.05, 0.1) is 17.2 Å². The Balaban J connectivity index is 1.81. The predicted molar refractivity (Wildman–Crippen MR) is 122 cm³/mol. The summed E-state index contributed by atoms with van der Waals surface area (Å²) in [7, 11) is 0. The van der Waals surface area contributed by atoms with Crippen molar-refractivity contribution in [2.75, 3.05) is 5.75 Å². The molecule has 0 saturated heterocycles. The Bertz CT molecular complexity index is 1070. The van der Waals surface area contributed by atoms with Gasteiger partial charge in [0.15, 0.2) is 5.16 Å². The molecule has 0 radical (unpaired) electrons. The van der Waals surface area contributed by atoms with Gasteiger partial charge in [-0.2, -0.15) is 0 Å². The number of benzene rings is 1. The van der Waals surface area contributed by atoms with Crippen LogP contribution in [0.3, 0.4) is 0 Å². The molecule has 2 heterocycles. The maximum Gasteiger partial charge on any atom is 0.263 e. The van der Waals surface area contributed by atoms with E-state index < -0.39 is 0 Å². The molecule has 0 spiro atoms. The van der Waals surface area contributed by atoms with E-state index in [1.165, 1.54) is 23.1 Å². The van der Waals surface area contributed by atoms with Crippen molar-refractivity contribution in [1.29, 1.82) is 0 Å². The van der Waals surface area contributed by atoms with Crippen LogP contribution in [0.4, 0.5) is 0 Å². The minimum atomic E-state index is -0.0738. The fourth-order valence-electron chi connectivity index (χ4n) is 3.18. The van der Waals surface area contributed by atoms with Crippen molar-refractivity contribution in [2.24, 2.45) is 5.92 Å². The van der Waals surface area contributed by atoms with Gasteiger partial charge in [-0.05, 0) is 37.8 Å². The zero-order valence-electron chi connectivity index (χ0n) is 17.5. The molecule has 1 amide bonds. The highest BCUT2D eigenvalue weighted by molar-refractivity contribution is 7.99. The lowest BCUT2D eigenvalue weighted by molar-refractivity contribution is -0.119. The number of thiophene rings is 1. The Morgan fingerprint density at radius 3 is 2.55 bits per heavy atom. The number of hydrogen-bond donors (Lipinski definition) is 1. The minimum Gasteiger partial charge on any atom is -0.349 e. The van der Waals surface area contributed by atoms with E-state index in [0.29, 0.717) is 23.0 Å². The molecule has 5 nitrogen and oxygen atoms in total. The van der Waals surface area contributed by atoms with Crippen LogP contribution in [0.25, 0.3) is 10.2 Å². The number of fused-ring (bicyclic) bond motifs is 1. The molecule has 3 aromatic rings. The number of thioether (sulfide) groups is 1. The van der Waals surface area contributed by atoms with Crippen molar-refractivity contribution < 1.29 is 4.79 Å². The maximum atomic E-state index is 13.1. The monoisotopic (exact) mass is 429 g/mol. The third kappa shape index (κ3) is 4.90. The molecule has 1 N–H and O–H groups in total. The van der Waals surface area contributed by atoms with E-state index in [0.717, 1.165) is 20.8 Å². The van der Waals surface area contributed by atoms with Crippen molar-refractivity contribution in [3.63, 3.8) is 0 Å². The molecule has 2 aromatic heterocycles. The molecule has 154 valence electrons. The second kappa shape index (κ2) is 9.13. The van der Waals surface area contributed by atoms with Gasteiger partial charge in [-0.3, -0.25) is 14.2 Å². The number of aromatic nitrogens is 2. The van der Waals surface area contributed by atoms with Crippen molar-refractivity contribution in [3.8, 4) is 0 Å². The van der Waals surface area contributed by atoms with Crippen LogP contribution in [0, 0.1) is 19.8 Å². The van der Waals surface area contributed by atoms with Crippen LogP contribution in [0.5, 0.6) is 0 Å². The smallest absolute Gasteiger partial charge is 0.263 e. The van der Waals surface area contributed by atoms with Crippen LogP contribution in [0.2, 0.25) is 0 Å². The summed E-state index contributed by atoms with van der Waals surface area (Å²) in [5.41, 5.74) is 2.06. The Morgan fingerprint density at radius 1 is 1.21 bits per heavy atom. The Hall–Kier alpha value is -2.12. The van der Waals surface area contributed by atoms with Crippen molar-refractivity contribution in [3.05, 3.63) is 56.7 Å². The van der Waals surface area contributed by atoms with E-state index in [2.05, 4.69) is 19.2 Å². The van der Waals surface area contributed by atoms with Crippen molar-refractivity contribution >= 4 is 39.2 Å². The molecule has 0 saturated carbocycles. The number of rotatable bonds is 7. The quantitative estimate of drug-likeness (QED) is 0.437. The number of hydrogen-bond acceptors (Lipinski definition) is 5. The lowest BCUT2D eigenvalue weighted by Crippen LogP contribution is -2.29. The van der Waals surface area contributed by atoms with Crippen LogP contribution in [-0.2, 0) is 11.3 Å². The molecule has 0 aliphatic heterocycles. The summed E-state index contributed by atoms with van der Waals surface area (Å²) in [5.74, 6) is 0.449. The van der Waals surface area contributed by atoms with Gasteiger partial charge in [0, 0.05) is 11.4 Å². The predicted octanol–water partition coefficient (Wildman–Crippen LogP) is 4.70.